The normalized spacial score (nSPS) is 18.7. The standard InChI is InChI=1S/C25H22ClF9N2O4S2/c1-4-42-21(43(39,40)5-2)20(38)37(3)19-7-6-13(8-17(19)26)18-12-22(41-36-18,25(33,34)35)14-9-15(23(27,28)29)11-16(10-14)24(30,31)32/h6-12,21,36H,4-5H2,1-3H3. The second-order valence-electron chi connectivity index (χ2n) is 9.09. The molecule has 0 aromatic heterocycles. The zero-order chi connectivity index (χ0) is 32.8. The van der Waals surface area contributed by atoms with Crippen molar-refractivity contribution in [1.82, 2.24) is 5.48 Å². The first-order chi connectivity index (χ1) is 19.6. The molecule has 43 heavy (non-hydrogen) atoms. The van der Waals surface area contributed by atoms with Crippen molar-refractivity contribution in [3.63, 3.8) is 0 Å². The Hall–Kier alpha value is -2.63. The van der Waals surface area contributed by atoms with E-state index in [1.54, 1.807) is 6.92 Å². The molecule has 238 valence electrons. The molecule has 2 aromatic rings. The van der Waals surface area contributed by atoms with Crippen molar-refractivity contribution in [3.8, 4) is 0 Å². The van der Waals surface area contributed by atoms with Crippen molar-refractivity contribution in [1.29, 1.82) is 0 Å². The van der Waals surface area contributed by atoms with Crippen molar-refractivity contribution in [2.24, 2.45) is 0 Å². The maximum Gasteiger partial charge on any atom is 0.428 e. The molecule has 0 fully saturated rings. The van der Waals surface area contributed by atoms with Gasteiger partial charge in [0.2, 0.25) is 5.60 Å². The summed E-state index contributed by atoms with van der Waals surface area (Å²) in [5.41, 5.74) is -8.01. The molecule has 0 saturated carbocycles. The Morgan fingerprint density at radius 2 is 1.56 bits per heavy atom. The summed E-state index contributed by atoms with van der Waals surface area (Å²) in [7, 11) is -2.61. The Morgan fingerprint density at radius 1 is 1.00 bits per heavy atom. The third-order valence-corrected chi connectivity index (χ3v) is 10.4. The Balaban J connectivity index is 2.10. The van der Waals surface area contributed by atoms with Gasteiger partial charge >= 0.3 is 18.5 Å². The molecule has 0 aliphatic carbocycles. The summed E-state index contributed by atoms with van der Waals surface area (Å²) in [6.45, 7) is 3.01. The number of nitrogens with one attached hydrogen (secondary N) is 1. The van der Waals surface area contributed by atoms with Crippen LogP contribution in [-0.2, 0) is 37.4 Å². The third kappa shape index (κ3) is 7.04. The number of thioether (sulfide) groups is 1. The summed E-state index contributed by atoms with van der Waals surface area (Å²) >= 11 is 7.15. The highest BCUT2D eigenvalue weighted by atomic mass is 35.5. The number of halogens is 10. The molecule has 1 amide bonds. The fourth-order valence-corrected chi connectivity index (χ4v) is 7.33. The van der Waals surface area contributed by atoms with E-state index in [0.717, 1.165) is 28.8 Å². The fourth-order valence-electron chi connectivity index (χ4n) is 4.01. The van der Waals surface area contributed by atoms with Crippen LogP contribution in [0.1, 0.15) is 36.1 Å². The average Bonchev–Trinajstić information content (AvgIpc) is 3.37. The number of amides is 1. The summed E-state index contributed by atoms with van der Waals surface area (Å²) in [6, 6.07) is 2.88. The zero-order valence-electron chi connectivity index (χ0n) is 22.2. The summed E-state index contributed by atoms with van der Waals surface area (Å²) in [5, 5.41) is -0.242. The van der Waals surface area contributed by atoms with Crippen LogP contribution >= 0.6 is 23.4 Å². The molecule has 3 rings (SSSR count). The number of benzene rings is 2. The van der Waals surface area contributed by atoms with E-state index in [4.69, 9.17) is 11.6 Å². The highest BCUT2D eigenvalue weighted by Gasteiger charge is 2.60. The predicted molar refractivity (Wildman–Crippen MR) is 143 cm³/mol. The van der Waals surface area contributed by atoms with Crippen LogP contribution in [0.2, 0.25) is 5.02 Å². The minimum Gasteiger partial charge on any atom is -0.312 e. The van der Waals surface area contributed by atoms with Crippen LogP contribution in [0.15, 0.2) is 42.5 Å². The smallest absolute Gasteiger partial charge is 0.312 e. The summed E-state index contributed by atoms with van der Waals surface area (Å²) in [6.07, 6.45) is -16.1. The second kappa shape index (κ2) is 12.0. The highest BCUT2D eigenvalue weighted by molar-refractivity contribution is 8.14. The van der Waals surface area contributed by atoms with Gasteiger partial charge in [-0.05, 0) is 42.2 Å². The number of hydroxylamine groups is 1. The van der Waals surface area contributed by atoms with Gasteiger partial charge in [0.25, 0.3) is 5.91 Å². The van der Waals surface area contributed by atoms with Gasteiger partial charge in [0.1, 0.15) is 0 Å². The predicted octanol–water partition coefficient (Wildman–Crippen LogP) is 7.19. The van der Waals surface area contributed by atoms with E-state index in [0.29, 0.717) is 0 Å². The van der Waals surface area contributed by atoms with Crippen LogP contribution in [0.25, 0.3) is 5.70 Å². The number of nitrogens with zero attached hydrogens (tertiary/aromatic N) is 1. The lowest BCUT2D eigenvalue weighted by atomic mass is 9.88. The SMILES string of the molecule is CCSC(C(=O)N(C)c1ccc(C2=CC(c3cc(C(F)(F)F)cc(C(F)(F)F)c3)(C(F)(F)F)ON2)cc1Cl)S(=O)(=O)CC. The van der Waals surface area contributed by atoms with E-state index in [9.17, 15) is 52.7 Å². The van der Waals surface area contributed by atoms with Crippen molar-refractivity contribution >= 4 is 50.5 Å². The van der Waals surface area contributed by atoms with E-state index in [1.165, 1.54) is 20.0 Å². The van der Waals surface area contributed by atoms with Crippen molar-refractivity contribution in [3.05, 3.63) is 69.8 Å². The van der Waals surface area contributed by atoms with Gasteiger partial charge in [0.05, 0.1) is 27.5 Å². The van der Waals surface area contributed by atoms with Crippen molar-refractivity contribution in [2.45, 2.75) is 42.6 Å². The van der Waals surface area contributed by atoms with Crippen LogP contribution in [0.3, 0.4) is 0 Å². The summed E-state index contributed by atoms with van der Waals surface area (Å²) < 4.78 is 147. The topological polar surface area (TPSA) is 75.7 Å². The van der Waals surface area contributed by atoms with Gasteiger partial charge in [-0.2, -0.15) is 39.5 Å². The maximum absolute atomic E-state index is 14.4. The number of hydrogen-bond donors (Lipinski definition) is 1. The number of anilines is 1. The van der Waals surface area contributed by atoms with Gasteiger partial charge in [-0.15, -0.1) is 11.8 Å². The third-order valence-electron chi connectivity index (χ3n) is 6.31. The number of hydrogen-bond acceptors (Lipinski definition) is 6. The first-order valence-electron chi connectivity index (χ1n) is 12.0. The maximum atomic E-state index is 14.4. The second-order valence-corrected chi connectivity index (χ2v) is 13.6. The van der Waals surface area contributed by atoms with Gasteiger partial charge < -0.3 is 4.90 Å². The number of carbonyl (C=O) groups is 1. The highest BCUT2D eigenvalue weighted by Crippen LogP contribution is 2.50. The Labute approximate surface area is 249 Å². The molecule has 6 nitrogen and oxygen atoms in total. The molecule has 1 heterocycles. The monoisotopic (exact) mass is 684 g/mol. The van der Waals surface area contributed by atoms with Crippen LogP contribution in [0.4, 0.5) is 45.2 Å². The summed E-state index contributed by atoms with van der Waals surface area (Å²) in [4.78, 5) is 18.6. The van der Waals surface area contributed by atoms with Crippen LogP contribution in [-0.4, -0.2) is 43.6 Å². The molecular formula is C25H22ClF9N2O4S2. The van der Waals surface area contributed by atoms with Crippen LogP contribution in [0, 0.1) is 0 Å². The Bertz CT molecular complexity index is 1490. The lowest BCUT2D eigenvalue weighted by Gasteiger charge is -2.29. The first kappa shape index (κ1) is 34.9. The van der Waals surface area contributed by atoms with Gasteiger partial charge in [0, 0.05) is 23.9 Å². The molecule has 0 radical (unpaired) electrons. The van der Waals surface area contributed by atoms with Gasteiger partial charge in [-0.1, -0.05) is 31.5 Å². The largest absolute Gasteiger partial charge is 0.428 e. The Kier molecular flexibility index (Phi) is 9.76. The van der Waals surface area contributed by atoms with E-state index in [2.05, 4.69) is 4.84 Å². The number of carbonyl (C=O) groups excluding carboxylic acids is 1. The lowest BCUT2D eigenvalue weighted by Crippen LogP contribution is -2.43. The fraction of sp³-hybridized carbons (Fsp3) is 0.400. The molecular weight excluding hydrogens is 663 g/mol. The van der Waals surface area contributed by atoms with Crippen LogP contribution < -0.4 is 10.4 Å². The lowest BCUT2D eigenvalue weighted by molar-refractivity contribution is -0.269. The van der Waals surface area contributed by atoms with Crippen molar-refractivity contribution < 1.29 is 57.6 Å². The molecule has 2 atom stereocenters. The van der Waals surface area contributed by atoms with Crippen molar-refractivity contribution in [2.75, 3.05) is 23.5 Å². The van der Waals surface area contributed by atoms with E-state index in [-0.39, 0.29) is 52.1 Å². The van der Waals surface area contributed by atoms with Gasteiger partial charge in [-0.25, -0.2) is 8.42 Å². The van der Waals surface area contributed by atoms with E-state index < -0.39 is 66.8 Å². The minimum atomic E-state index is -5.55. The van der Waals surface area contributed by atoms with E-state index >= 15 is 0 Å². The molecule has 0 spiro atoms. The number of rotatable bonds is 8. The minimum absolute atomic E-state index is 0.0299. The van der Waals surface area contributed by atoms with Gasteiger partial charge in [0.15, 0.2) is 14.4 Å². The zero-order valence-corrected chi connectivity index (χ0v) is 24.6. The number of sulfone groups is 1. The molecule has 18 heteroatoms. The molecule has 1 aliphatic heterocycles. The Morgan fingerprint density at radius 3 is 2.00 bits per heavy atom. The summed E-state index contributed by atoms with van der Waals surface area (Å²) in [5.74, 6) is -0.882. The first-order valence-corrected chi connectivity index (χ1v) is 15.2. The molecule has 2 unspecified atom stereocenters. The molecule has 2 aromatic carbocycles. The van der Waals surface area contributed by atoms with E-state index in [1.807, 2.05) is 5.48 Å². The number of alkyl halides is 9. The van der Waals surface area contributed by atoms with Crippen LogP contribution in [0.5, 0.6) is 0 Å². The quantitative estimate of drug-likeness (QED) is 0.297. The molecule has 0 saturated heterocycles. The average molecular weight is 685 g/mol. The molecule has 0 bridgehead atoms. The van der Waals surface area contributed by atoms with Gasteiger partial charge in [-0.3, -0.25) is 15.1 Å². The molecule has 1 aliphatic rings. The molecule has 1 N–H and O–H groups in total.